The maximum Gasteiger partial charge on any atom is 0.280 e. The first-order valence-electron chi connectivity index (χ1n) is 5.28. The molecule has 7 nitrogen and oxygen atoms in total. The summed E-state index contributed by atoms with van der Waals surface area (Å²) in [5, 5.41) is 0. The van der Waals surface area contributed by atoms with Gasteiger partial charge in [-0.05, 0) is 0 Å². The van der Waals surface area contributed by atoms with Gasteiger partial charge in [-0.2, -0.15) is 4.98 Å². The lowest BCUT2D eigenvalue weighted by molar-refractivity contribution is 0.102. The van der Waals surface area contributed by atoms with E-state index >= 15 is 0 Å². The molecule has 3 rings (SSSR count). The number of aromatic nitrogens is 4. The maximum absolute atomic E-state index is 13.3. The van der Waals surface area contributed by atoms with E-state index in [0.717, 1.165) is 0 Å². The molecule has 2 aromatic heterocycles. The SMILES string of the molecule is C=C1O[C@@H](n2cnc3c(=O)[nH]c(N)nc32)C[C@@H]1F. The molecule has 0 saturated carbocycles. The molecule has 18 heavy (non-hydrogen) atoms. The molecule has 0 unspecified atom stereocenters. The first-order valence-corrected chi connectivity index (χ1v) is 5.28. The lowest BCUT2D eigenvalue weighted by atomic mass is 10.3. The summed E-state index contributed by atoms with van der Waals surface area (Å²) in [5.74, 6) is 0.0440. The van der Waals surface area contributed by atoms with Gasteiger partial charge in [0, 0.05) is 6.42 Å². The second-order valence-corrected chi connectivity index (χ2v) is 4.02. The number of allylic oxidation sites excluding steroid dienone is 1. The van der Waals surface area contributed by atoms with Crippen molar-refractivity contribution in [1.29, 1.82) is 0 Å². The van der Waals surface area contributed by atoms with E-state index in [1.54, 1.807) is 0 Å². The van der Waals surface area contributed by atoms with E-state index < -0.39 is 18.0 Å². The van der Waals surface area contributed by atoms with Crippen LogP contribution in [0.5, 0.6) is 0 Å². The van der Waals surface area contributed by atoms with Crippen molar-refractivity contribution in [2.45, 2.75) is 18.8 Å². The zero-order valence-electron chi connectivity index (χ0n) is 9.26. The van der Waals surface area contributed by atoms with Crippen LogP contribution >= 0.6 is 0 Å². The van der Waals surface area contributed by atoms with Gasteiger partial charge in [-0.25, -0.2) is 9.37 Å². The van der Waals surface area contributed by atoms with Gasteiger partial charge in [0.05, 0.1) is 0 Å². The van der Waals surface area contributed by atoms with Crippen LogP contribution in [0.3, 0.4) is 0 Å². The number of hydrogen-bond donors (Lipinski definition) is 2. The highest BCUT2D eigenvalue weighted by Crippen LogP contribution is 2.33. The number of anilines is 1. The van der Waals surface area contributed by atoms with Crippen molar-refractivity contribution in [2.75, 3.05) is 5.73 Å². The fourth-order valence-electron chi connectivity index (χ4n) is 1.93. The highest BCUT2D eigenvalue weighted by Gasteiger charge is 2.32. The number of ether oxygens (including phenoxy) is 1. The van der Waals surface area contributed by atoms with Gasteiger partial charge >= 0.3 is 0 Å². The highest BCUT2D eigenvalue weighted by atomic mass is 19.1. The molecule has 1 fully saturated rings. The number of aromatic amines is 1. The van der Waals surface area contributed by atoms with Crippen molar-refractivity contribution in [3.63, 3.8) is 0 Å². The Morgan fingerprint density at radius 2 is 2.44 bits per heavy atom. The summed E-state index contributed by atoms with van der Waals surface area (Å²) in [4.78, 5) is 21.8. The van der Waals surface area contributed by atoms with E-state index in [-0.39, 0.29) is 29.3 Å². The van der Waals surface area contributed by atoms with Crippen LogP contribution in [-0.2, 0) is 4.74 Å². The highest BCUT2D eigenvalue weighted by molar-refractivity contribution is 5.70. The van der Waals surface area contributed by atoms with Crippen LogP contribution in [0.1, 0.15) is 12.6 Å². The van der Waals surface area contributed by atoms with Gasteiger partial charge in [0.15, 0.2) is 23.6 Å². The third-order valence-corrected chi connectivity index (χ3v) is 2.81. The molecule has 1 saturated heterocycles. The Balaban J connectivity index is 2.14. The minimum Gasteiger partial charge on any atom is -0.472 e. The molecule has 94 valence electrons. The third-order valence-electron chi connectivity index (χ3n) is 2.81. The van der Waals surface area contributed by atoms with E-state index in [1.807, 2.05) is 0 Å². The van der Waals surface area contributed by atoms with Crippen molar-refractivity contribution in [3.05, 3.63) is 29.0 Å². The molecule has 0 spiro atoms. The summed E-state index contributed by atoms with van der Waals surface area (Å²) < 4.78 is 20.1. The number of rotatable bonds is 1. The molecule has 1 aliphatic rings. The average molecular weight is 251 g/mol. The van der Waals surface area contributed by atoms with Crippen molar-refractivity contribution >= 4 is 17.1 Å². The molecule has 0 aliphatic carbocycles. The number of hydrogen-bond acceptors (Lipinski definition) is 5. The van der Waals surface area contributed by atoms with Crippen molar-refractivity contribution < 1.29 is 9.13 Å². The van der Waals surface area contributed by atoms with E-state index in [1.165, 1.54) is 10.9 Å². The van der Waals surface area contributed by atoms with Gasteiger partial charge < -0.3 is 10.5 Å². The average Bonchev–Trinajstić information content (AvgIpc) is 2.83. The first kappa shape index (κ1) is 10.8. The summed E-state index contributed by atoms with van der Waals surface area (Å²) in [6.07, 6.45) is -0.348. The van der Waals surface area contributed by atoms with Crippen LogP contribution < -0.4 is 11.3 Å². The second-order valence-electron chi connectivity index (χ2n) is 4.02. The number of nitrogens with one attached hydrogen (secondary N) is 1. The molecular weight excluding hydrogens is 241 g/mol. The van der Waals surface area contributed by atoms with Crippen molar-refractivity contribution in [2.24, 2.45) is 0 Å². The molecule has 0 bridgehead atoms. The number of nitrogens with zero attached hydrogens (tertiary/aromatic N) is 3. The second kappa shape index (κ2) is 3.56. The Morgan fingerprint density at radius 3 is 3.11 bits per heavy atom. The van der Waals surface area contributed by atoms with Gasteiger partial charge in [-0.1, -0.05) is 6.58 Å². The Labute approximate surface area is 100 Å². The van der Waals surface area contributed by atoms with Gasteiger partial charge in [0.2, 0.25) is 5.95 Å². The molecule has 3 N–H and O–H groups in total. The third kappa shape index (κ3) is 1.45. The number of nitrogen functional groups attached to an aromatic ring is 1. The number of imidazole rings is 1. The van der Waals surface area contributed by atoms with E-state index in [4.69, 9.17) is 10.5 Å². The smallest absolute Gasteiger partial charge is 0.280 e. The van der Waals surface area contributed by atoms with E-state index in [9.17, 15) is 9.18 Å². The predicted octanol–water partition coefficient (Wildman–Crippen LogP) is 0.472. The molecule has 0 aromatic carbocycles. The number of H-pyrrole nitrogens is 1. The molecule has 0 radical (unpaired) electrons. The quantitative estimate of drug-likeness (QED) is 0.767. The summed E-state index contributed by atoms with van der Waals surface area (Å²) in [6.45, 7) is 3.47. The van der Waals surface area contributed by atoms with Crippen molar-refractivity contribution in [3.8, 4) is 0 Å². The molecule has 3 heterocycles. The Hall–Kier alpha value is -2.38. The number of alkyl halides is 1. The lowest BCUT2D eigenvalue weighted by Crippen LogP contribution is -2.13. The van der Waals surface area contributed by atoms with Crippen LogP contribution in [0.25, 0.3) is 11.2 Å². The lowest BCUT2D eigenvalue weighted by Gasteiger charge is -2.11. The van der Waals surface area contributed by atoms with Crippen molar-refractivity contribution in [1.82, 2.24) is 19.5 Å². The van der Waals surface area contributed by atoms with Gasteiger partial charge in [-0.3, -0.25) is 14.3 Å². The number of halogens is 1. The Kier molecular flexibility index (Phi) is 2.12. The summed E-state index contributed by atoms with van der Waals surface area (Å²) >= 11 is 0. The van der Waals surface area contributed by atoms with Crippen LogP contribution in [0.15, 0.2) is 23.5 Å². The standard InChI is InChI=1S/C10H10FN5O2/c1-4-5(11)2-6(18-4)16-3-13-7-8(16)14-10(12)15-9(7)17/h3,5-6H,1-2H2,(H3,12,14,15,17)/t5-,6+/m0/s1. The van der Waals surface area contributed by atoms with Crippen LogP contribution in [0.4, 0.5) is 10.3 Å². The van der Waals surface area contributed by atoms with E-state index in [0.29, 0.717) is 0 Å². The maximum atomic E-state index is 13.3. The van der Waals surface area contributed by atoms with Gasteiger partial charge in [0.1, 0.15) is 12.1 Å². The Bertz CT molecular complexity index is 691. The normalized spacial score (nSPS) is 23.5. The molecule has 0 amide bonds. The first-order chi connectivity index (χ1) is 8.56. The largest absolute Gasteiger partial charge is 0.472 e. The molecule has 8 heteroatoms. The zero-order valence-corrected chi connectivity index (χ0v) is 9.26. The van der Waals surface area contributed by atoms with Gasteiger partial charge in [-0.15, -0.1) is 0 Å². The Morgan fingerprint density at radius 1 is 1.67 bits per heavy atom. The molecular formula is C10H10FN5O2. The summed E-state index contributed by atoms with van der Waals surface area (Å²) in [6, 6.07) is 0. The fraction of sp³-hybridized carbons (Fsp3) is 0.300. The summed E-state index contributed by atoms with van der Waals surface area (Å²) in [5.41, 5.74) is 5.43. The minimum atomic E-state index is -1.23. The van der Waals surface area contributed by atoms with Gasteiger partial charge in [0.25, 0.3) is 5.56 Å². The number of nitrogens with two attached hydrogens (primary N) is 1. The predicted molar refractivity (Wildman–Crippen MR) is 61.3 cm³/mol. The topological polar surface area (TPSA) is 98.8 Å². The molecule has 2 atom stereocenters. The minimum absolute atomic E-state index is 0.0251. The molecule has 1 aliphatic heterocycles. The monoisotopic (exact) mass is 251 g/mol. The summed E-state index contributed by atoms with van der Waals surface area (Å²) in [7, 11) is 0. The fourth-order valence-corrected chi connectivity index (χ4v) is 1.93. The van der Waals surface area contributed by atoms with Crippen LogP contribution in [-0.4, -0.2) is 25.7 Å². The van der Waals surface area contributed by atoms with E-state index in [2.05, 4.69) is 21.5 Å². The number of fused-ring (bicyclic) bond motifs is 1. The zero-order chi connectivity index (χ0) is 12.9. The van der Waals surface area contributed by atoms with Crippen LogP contribution in [0.2, 0.25) is 0 Å². The molecule has 2 aromatic rings. The van der Waals surface area contributed by atoms with Crippen LogP contribution in [0, 0.1) is 0 Å².